The number of carbonyl (C=O) groups excluding carboxylic acids is 3. The van der Waals surface area contributed by atoms with E-state index in [9.17, 15) is 19.6 Å². The van der Waals surface area contributed by atoms with Gasteiger partial charge in [0.15, 0.2) is 0 Å². The molecule has 0 heterocycles. The molecule has 0 saturated heterocycles. The summed E-state index contributed by atoms with van der Waals surface area (Å²) in [4.78, 5) is 36.9. The Morgan fingerprint density at radius 2 is 1.52 bits per heavy atom. The van der Waals surface area contributed by atoms with Gasteiger partial charge in [-0.1, -0.05) is 18.7 Å². The molecule has 0 unspecified atom stereocenters. The Morgan fingerprint density at radius 3 is 1.88 bits per heavy atom. The molecule has 8 nitrogen and oxygen atoms in total. The standard InChI is InChI=1S/C16H27N3O5S/c1-9-25-11(20)16(8,10-17)19(13(22)24-15(5,6)7)18-12(21)23-14(2,3)4/h9H2,1-8H3,(H,18,21)/t16-/m1/s1. The van der Waals surface area contributed by atoms with Gasteiger partial charge >= 0.3 is 12.2 Å². The van der Waals surface area contributed by atoms with E-state index in [2.05, 4.69) is 5.43 Å². The van der Waals surface area contributed by atoms with Gasteiger partial charge in [-0.25, -0.2) is 15.0 Å². The number of hydrogen-bond donors (Lipinski definition) is 1. The van der Waals surface area contributed by atoms with Crippen LogP contribution in [0.3, 0.4) is 0 Å². The summed E-state index contributed by atoms with van der Waals surface area (Å²) >= 11 is 0.864. The van der Waals surface area contributed by atoms with Gasteiger partial charge < -0.3 is 9.47 Å². The number of carbonyl (C=O) groups is 3. The van der Waals surface area contributed by atoms with Crippen LogP contribution < -0.4 is 5.43 Å². The zero-order chi connectivity index (χ0) is 20.1. The molecular weight excluding hydrogens is 346 g/mol. The maximum atomic E-state index is 12.5. The molecule has 2 amide bonds. The van der Waals surface area contributed by atoms with Crippen LogP contribution in [0.1, 0.15) is 55.4 Å². The number of hydrogen-bond acceptors (Lipinski definition) is 7. The van der Waals surface area contributed by atoms with Crippen LogP contribution in [-0.2, 0) is 14.3 Å². The average molecular weight is 373 g/mol. The predicted molar refractivity (Wildman–Crippen MR) is 94.6 cm³/mol. The van der Waals surface area contributed by atoms with Gasteiger partial charge in [0.25, 0.3) is 0 Å². The zero-order valence-corrected chi connectivity index (χ0v) is 16.9. The van der Waals surface area contributed by atoms with Gasteiger partial charge in [0.2, 0.25) is 10.7 Å². The maximum Gasteiger partial charge on any atom is 0.431 e. The van der Waals surface area contributed by atoms with Crippen LogP contribution in [0.15, 0.2) is 0 Å². The molecule has 1 atom stereocenters. The molecule has 0 bridgehead atoms. The Morgan fingerprint density at radius 1 is 1.04 bits per heavy atom. The molecular formula is C16H27N3O5S. The summed E-state index contributed by atoms with van der Waals surface area (Å²) in [6.45, 7) is 12.8. The van der Waals surface area contributed by atoms with E-state index in [1.54, 1.807) is 54.5 Å². The molecule has 0 aromatic rings. The lowest BCUT2D eigenvalue weighted by Crippen LogP contribution is -2.62. The van der Waals surface area contributed by atoms with Crippen LogP contribution in [0.5, 0.6) is 0 Å². The monoisotopic (exact) mass is 373 g/mol. The van der Waals surface area contributed by atoms with Crippen molar-refractivity contribution in [2.75, 3.05) is 5.75 Å². The minimum Gasteiger partial charge on any atom is -0.443 e. The molecule has 25 heavy (non-hydrogen) atoms. The van der Waals surface area contributed by atoms with E-state index in [4.69, 9.17) is 9.47 Å². The molecule has 0 saturated carbocycles. The summed E-state index contributed by atoms with van der Waals surface area (Å²) in [7, 11) is 0. The molecule has 0 spiro atoms. The van der Waals surface area contributed by atoms with Crippen molar-refractivity contribution in [2.45, 2.75) is 72.1 Å². The van der Waals surface area contributed by atoms with Crippen LogP contribution in [0.2, 0.25) is 0 Å². The van der Waals surface area contributed by atoms with Gasteiger partial charge in [-0.05, 0) is 54.2 Å². The third-order valence-electron chi connectivity index (χ3n) is 2.52. The second-order valence-corrected chi connectivity index (χ2v) is 8.57. The lowest BCUT2D eigenvalue weighted by atomic mass is 10.1. The molecule has 0 aromatic carbocycles. The van der Waals surface area contributed by atoms with Crippen LogP contribution in [0, 0.1) is 11.3 Å². The second kappa shape index (κ2) is 8.43. The number of nitriles is 1. The minimum absolute atomic E-state index is 0.407. The lowest BCUT2D eigenvalue weighted by molar-refractivity contribution is -0.119. The molecule has 0 radical (unpaired) electrons. The van der Waals surface area contributed by atoms with Gasteiger partial charge in [0.05, 0.1) is 0 Å². The van der Waals surface area contributed by atoms with Crippen molar-refractivity contribution in [2.24, 2.45) is 0 Å². The fourth-order valence-corrected chi connectivity index (χ4v) is 2.18. The average Bonchev–Trinajstić information content (AvgIpc) is 2.40. The van der Waals surface area contributed by atoms with Gasteiger partial charge in [0, 0.05) is 0 Å². The molecule has 0 aromatic heterocycles. The van der Waals surface area contributed by atoms with E-state index >= 15 is 0 Å². The number of rotatable bonds is 3. The van der Waals surface area contributed by atoms with Gasteiger partial charge in [-0.3, -0.25) is 4.79 Å². The highest BCUT2D eigenvalue weighted by Crippen LogP contribution is 2.24. The summed E-state index contributed by atoms with van der Waals surface area (Å²) in [6.07, 6.45) is -2.01. The number of nitrogens with zero attached hydrogens (tertiary/aromatic N) is 2. The molecule has 0 fully saturated rings. The minimum atomic E-state index is -1.96. The summed E-state index contributed by atoms with van der Waals surface area (Å²) in [5.41, 5.74) is -1.50. The summed E-state index contributed by atoms with van der Waals surface area (Å²) < 4.78 is 10.3. The fourth-order valence-electron chi connectivity index (χ4n) is 1.50. The quantitative estimate of drug-likeness (QED) is 0.756. The first kappa shape index (κ1) is 23.1. The van der Waals surface area contributed by atoms with E-state index in [0.717, 1.165) is 11.8 Å². The fraction of sp³-hybridized carbons (Fsp3) is 0.750. The summed E-state index contributed by atoms with van der Waals surface area (Å²) in [5, 5.41) is 9.50. The SMILES string of the molecule is CCSC(=O)[C@@](C)(C#N)N(NC(=O)OC(C)(C)C)C(=O)OC(C)(C)C. The Labute approximate surface area is 153 Å². The molecule has 1 N–H and O–H groups in total. The van der Waals surface area contributed by atoms with E-state index in [1.807, 2.05) is 0 Å². The van der Waals surface area contributed by atoms with Gasteiger partial charge in [-0.2, -0.15) is 10.3 Å². The third kappa shape index (κ3) is 7.65. The Bertz CT molecular complexity index is 560. The van der Waals surface area contributed by atoms with Crippen molar-refractivity contribution in [1.82, 2.24) is 10.4 Å². The van der Waals surface area contributed by atoms with Crippen molar-refractivity contribution in [3.63, 3.8) is 0 Å². The predicted octanol–water partition coefficient (Wildman–Crippen LogP) is 3.23. The largest absolute Gasteiger partial charge is 0.443 e. The van der Waals surface area contributed by atoms with E-state index in [-0.39, 0.29) is 0 Å². The maximum absolute atomic E-state index is 12.5. The smallest absolute Gasteiger partial charge is 0.431 e. The van der Waals surface area contributed by atoms with Crippen molar-refractivity contribution >= 4 is 29.1 Å². The number of hydrazine groups is 1. The summed E-state index contributed by atoms with van der Waals surface area (Å²) in [6, 6.07) is 1.78. The molecule has 9 heteroatoms. The Kier molecular flexibility index (Phi) is 7.77. The van der Waals surface area contributed by atoms with Crippen LogP contribution in [0.25, 0.3) is 0 Å². The topological polar surface area (TPSA) is 109 Å². The van der Waals surface area contributed by atoms with Crippen molar-refractivity contribution in [3.05, 3.63) is 0 Å². The third-order valence-corrected chi connectivity index (χ3v) is 3.46. The molecule has 0 aliphatic heterocycles. The first-order chi connectivity index (χ1) is 11.2. The van der Waals surface area contributed by atoms with Crippen molar-refractivity contribution in [1.29, 1.82) is 5.26 Å². The van der Waals surface area contributed by atoms with Crippen molar-refractivity contribution < 1.29 is 23.9 Å². The van der Waals surface area contributed by atoms with Crippen LogP contribution >= 0.6 is 11.8 Å². The van der Waals surface area contributed by atoms with Gasteiger partial charge in [0.1, 0.15) is 17.3 Å². The number of thioether (sulfide) groups is 1. The Balaban J connectivity index is 5.74. The normalized spacial score (nSPS) is 13.9. The van der Waals surface area contributed by atoms with Gasteiger partial charge in [-0.15, -0.1) is 0 Å². The first-order valence-corrected chi connectivity index (χ1v) is 8.76. The highest BCUT2D eigenvalue weighted by molar-refractivity contribution is 8.13. The highest BCUT2D eigenvalue weighted by Gasteiger charge is 2.46. The number of amides is 2. The molecule has 142 valence electrons. The lowest BCUT2D eigenvalue weighted by Gasteiger charge is -2.35. The highest BCUT2D eigenvalue weighted by atomic mass is 32.2. The molecule has 0 aliphatic carbocycles. The molecule has 0 rings (SSSR count). The molecule has 0 aliphatic rings. The first-order valence-electron chi connectivity index (χ1n) is 7.77. The zero-order valence-electron chi connectivity index (χ0n) is 16.1. The van der Waals surface area contributed by atoms with E-state index < -0.39 is 34.0 Å². The Hall–Kier alpha value is -1.95. The van der Waals surface area contributed by atoms with Crippen molar-refractivity contribution in [3.8, 4) is 6.07 Å². The van der Waals surface area contributed by atoms with Crippen LogP contribution in [0.4, 0.5) is 9.59 Å². The van der Waals surface area contributed by atoms with Crippen LogP contribution in [-0.4, -0.2) is 44.8 Å². The second-order valence-electron chi connectivity index (χ2n) is 7.33. The summed E-state index contributed by atoms with van der Waals surface area (Å²) in [5.74, 6) is 0.407. The number of ether oxygens (including phenoxy) is 2. The van der Waals surface area contributed by atoms with E-state index in [0.29, 0.717) is 10.8 Å². The number of nitrogens with one attached hydrogen (secondary N) is 1. The van der Waals surface area contributed by atoms with E-state index in [1.165, 1.54) is 6.92 Å².